The lowest BCUT2D eigenvalue weighted by Crippen LogP contribution is -2.41. The number of pyridine rings is 4. The van der Waals surface area contributed by atoms with Crippen LogP contribution >= 0.6 is 0 Å². The Hall–Kier alpha value is -7.81. The number of halogens is 2. The first-order chi connectivity index (χ1) is 40.8. The van der Waals surface area contributed by atoms with E-state index in [2.05, 4.69) is 86.1 Å². The molecule has 2 saturated heterocycles. The number of hydrogen-bond acceptors (Lipinski definition) is 18. The monoisotopic (exact) mass is 1220 g/mol. The SMILES string of the molecule is CC1(CCOc2ccn(-c3ccc(C(=O)NS(=N)(=O)c4cccc(F)n4)c(N4CC(CCCN)CC4(C)C)n3)n2)CC1.CC1(CCOc2ccn(-c3ccc(C(=O)NS(=N)(=O)c4cccc(F)n4)c(N4CC(CCCN=[N+]=[N-])CC4(C)C)n3)n2)CC1. The number of nitrogens with one attached hydrogen (secondary N) is 4. The number of carbonyl (C=O) groups excluding carboxylic acids is 2. The van der Waals surface area contributed by atoms with Gasteiger partial charge in [0.25, 0.3) is 11.8 Å². The van der Waals surface area contributed by atoms with Crippen LogP contribution in [0.1, 0.15) is 139 Å². The van der Waals surface area contributed by atoms with Gasteiger partial charge in [0.2, 0.25) is 23.7 Å². The average molecular weight is 1220 g/mol. The lowest BCUT2D eigenvalue weighted by molar-refractivity contribution is 0.0973. The van der Waals surface area contributed by atoms with Crippen molar-refractivity contribution in [2.45, 2.75) is 140 Å². The number of hydrogen-bond donors (Lipinski definition) is 5. The maximum atomic E-state index is 13.7. The minimum Gasteiger partial charge on any atom is -0.477 e. The molecular formula is C58H76F2N18O6S2. The molecule has 0 bridgehead atoms. The fourth-order valence-electron chi connectivity index (χ4n) is 11.0. The number of aromatic nitrogens is 8. The molecule has 4 unspecified atom stereocenters. The second kappa shape index (κ2) is 25.6. The van der Waals surface area contributed by atoms with Gasteiger partial charge in [0.05, 0.1) is 24.3 Å². The maximum Gasteiger partial charge on any atom is 0.267 e. The van der Waals surface area contributed by atoms with Crippen molar-refractivity contribution < 1.29 is 36.3 Å². The zero-order chi connectivity index (χ0) is 61.7. The molecule has 6 N–H and O–H groups in total. The Kier molecular flexibility index (Phi) is 18.7. The third kappa shape index (κ3) is 15.6. The van der Waals surface area contributed by atoms with Crippen LogP contribution in [0.2, 0.25) is 0 Å². The fraction of sp³-hybridized carbons (Fsp3) is 0.517. The molecule has 2 saturated carbocycles. The summed E-state index contributed by atoms with van der Waals surface area (Å²) in [5.74, 6) is -0.168. The van der Waals surface area contributed by atoms with Gasteiger partial charge in [-0.2, -0.15) is 8.78 Å². The number of carbonyl (C=O) groups is 2. The smallest absolute Gasteiger partial charge is 0.267 e. The third-order valence-corrected chi connectivity index (χ3v) is 19.1. The normalized spacial score (nSPS) is 19.9. The molecule has 6 aromatic rings. The summed E-state index contributed by atoms with van der Waals surface area (Å²) in [7, 11) is -7.91. The number of nitrogens with zero attached hydrogens (tertiary/aromatic N) is 13. The summed E-state index contributed by atoms with van der Waals surface area (Å²) in [4.78, 5) is 50.9. The second-order valence-corrected chi connectivity index (χ2v) is 28.2. The van der Waals surface area contributed by atoms with Crippen LogP contribution in [-0.4, -0.2) is 110 Å². The first-order valence-corrected chi connectivity index (χ1v) is 32.0. The first-order valence-electron chi connectivity index (χ1n) is 28.9. The van der Waals surface area contributed by atoms with Crippen LogP contribution in [0.15, 0.2) is 100 Å². The van der Waals surface area contributed by atoms with Crippen molar-refractivity contribution in [2.75, 3.05) is 49.2 Å². The molecule has 86 heavy (non-hydrogen) atoms. The van der Waals surface area contributed by atoms with Crippen molar-refractivity contribution in [1.82, 2.24) is 48.9 Å². The van der Waals surface area contributed by atoms with E-state index in [1.807, 2.05) is 4.90 Å². The maximum absolute atomic E-state index is 13.7. The van der Waals surface area contributed by atoms with Gasteiger partial charge < -0.3 is 25.0 Å². The van der Waals surface area contributed by atoms with E-state index in [0.717, 1.165) is 63.5 Å². The van der Waals surface area contributed by atoms with Crippen LogP contribution < -0.4 is 34.5 Å². The van der Waals surface area contributed by atoms with Crippen molar-refractivity contribution in [3.05, 3.63) is 119 Å². The van der Waals surface area contributed by atoms with E-state index in [0.29, 0.717) is 91.2 Å². The van der Waals surface area contributed by atoms with Gasteiger partial charge in [-0.1, -0.05) is 31.1 Å². The van der Waals surface area contributed by atoms with Crippen LogP contribution in [0, 0.1) is 44.1 Å². The van der Waals surface area contributed by atoms with Crippen LogP contribution in [0.3, 0.4) is 0 Å². The lowest BCUT2D eigenvalue weighted by Gasteiger charge is -2.34. The summed E-state index contributed by atoms with van der Waals surface area (Å²) in [6.45, 7) is 16.2. The van der Waals surface area contributed by atoms with E-state index in [4.69, 9.17) is 40.3 Å². The zero-order valence-corrected chi connectivity index (χ0v) is 51.0. The molecular weight excluding hydrogens is 1150 g/mol. The van der Waals surface area contributed by atoms with Crippen LogP contribution in [0.5, 0.6) is 11.8 Å². The van der Waals surface area contributed by atoms with Gasteiger partial charge in [0.1, 0.15) is 11.6 Å². The summed E-state index contributed by atoms with van der Waals surface area (Å²) in [5.41, 5.74) is 14.6. The molecule has 0 radical (unpaired) electrons. The quantitative estimate of drug-likeness (QED) is 0.0117. The predicted molar refractivity (Wildman–Crippen MR) is 320 cm³/mol. The van der Waals surface area contributed by atoms with Crippen molar-refractivity contribution in [3.8, 4) is 23.4 Å². The number of nitrogens with two attached hydrogens (primary N) is 1. The van der Waals surface area contributed by atoms with E-state index < -0.39 is 54.1 Å². The van der Waals surface area contributed by atoms with Gasteiger partial charge in [0.15, 0.2) is 41.5 Å². The molecule has 6 aromatic heterocycles. The van der Waals surface area contributed by atoms with Gasteiger partial charge in [-0.25, -0.2) is 47.3 Å². The molecule has 24 nitrogen and oxygen atoms in total. The summed E-state index contributed by atoms with van der Waals surface area (Å²) in [5, 5.41) is 12.0. The van der Waals surface area contributed by atoms with Crippen LogP contribution in [-0.2, 0) is 19.8 Å². The number of azide groups is 1. The third-order valence-electron chi connectivity index (χ3n) is 16.5. The number of amides is 2. The van der Waals surface area contributed by atoms with Gasteiger partial charge in [-0.3, -0.25) is 19.0 Å². The van der Waals surface area contributed by atoms with E-state index in [1.54, 1.807) is 58.2 Å². The van der Waals surface area contributed by atoms with Gasteiger partial charge in [-0.15, -0.1) is 10.2 Å². The second-order valence-electron chi connectivity index (χ2n) is 24.7. The zero-order valence-electron chi connectivity index (χ0n) is 49.4. The molecule has 0 spiro atoms. The van der Waals surface area contributed by atoms with Gasteiger partial charge in [-0.05, 0) is 188 Å². The summed E-state index contributed by atoms with van der Waals surface area (Å²) >= 11 is 0. The average Bonchev–Trinajstić information content (AvgIpc) is 1.56. The van der Waals surface area contributed by atoms with Crippen LogP contribution in [0.4, 0.5) is 20.4 Å². The molecule has 28 heteroatoms. The Labute approximate surface area is 500 Å². The predicted octanol–water partition coefficient (Wildman–Crippen LogP) is 10.3. The Morgan fingerprint density at radius 2 is 1.10 bits per heavy atom. The first kappa shape index (κ1) is 62.7. The molecule has 2 aliphatic carbocycles. The Morgan fingerprint density at radius 1 is 0.674 bits per heavy atom. The molecule has 4 aliphatic rings. The van der Waals surface area contributed by atoms with Crippen molar-refractivity contribution in [2.24, 2.45) is 33.5 Å². The molecule has 10 rings (SSSR count). The molecule has 460 valence electrons. The van der Waals surface area contributed by atoms with E-state index in [1.165, 1.54) is 49.9 Å². The Bertz CT molecular complexity index is 3710. The molecule has 0 aromatic carbocycles. The number of ether oxygens (including phenoxy) is 2. The van der Waals surface area contributed by atoms with E-state index in [-0.39, 0.29) is 27.6 Å². The van der Waals surface area contributed by atoms with E-state index in [9.17, 15) is 26.8 Å². The highest BCUT2D eigenvalue weighted by molar-refractivity contribution is 7.91. The minimum absolute atomic E-state index is 0.106. The fourth-order valence-corrected chi connectivity index (χ4v) is 13.0. The topological polar surface area (TPSA) is 327 Å². The molecule has 4 atom stereocenters. The Balaban J connectivity index is 0.000000206. The standard InChI is InChI=1S/C29H37FN10O3S.C29H39FN8O3S/c1-28(2)18-20(6-5-15-33-38-31)19-39(28)26-21(27(41)37-44(32,42)25-8-4-7-22(30)34-25)9-10-23(35-26)40-16-11-24(36-40)43-17-14-29(3)12-13-29;1-28(2)18-20(6-5-15-31)19-37(28)26-21(27(39)36-42(32,40)25-8-4-7-22(30)33-25)9-10-23(34-26)38-16-11-24(35-38)41-17-14-29(3)12-13-29/h4,7-11,16,20H,5-6,12-15,17-19H2,1-3H3,(H2,32,37,41,42);4,7-11,16,20H,5-6,12-15,17-19,31H2,1-3H3,(H2,32,36,39,40). The van der Waals surface area contributed by atoms with Gasteiger partial charge in [0, 0.05) is 60.2 Å². The Morgan fingerprint density at radius 3 is 1.50 bits per heavy atom. The number of rotatable bonds is 25. The van der Waals surface area contributed by atoms with Crippen molar-refractivity contribution >= 4 is 43.3 Å². The largest absolute Gasteiger partial charge is 0.477 e. The van der Waals surface area contributed by atoms with Gasteiger partial charge >= 0.3 is 0 Å². The summed E-state index contributed by atoms with van der Waals surface area (Å²) in [6.07, 6.45) is 15.4. The minimum atomic E-state index is -3.97. The van der Waals surface area contributed by atoms with Crippen LogP contribution in [0.25, 0.3) is 22.1 Å². The lowest BCUT2D eigenvalue weighted by atomic mass is 9.93. The highest BCUT2D eigenvalue weighted by atomic mass is 32.2. The summed E-state index contributed by atoms with van der Waals surface area (Å²) in [6, 6.07) is 17.1. The highest BCUT2D eigenvalue weighted by Gasteiger charge is 2.43. The van der Waals surface area contributed by atoms with Crippen molar-refractivity contribution in [1.29, 1.82) is 9.56 Å². The van der Waals surface area contributed by atoms with Crippen molar-refractivity contribution in [3.63, 3.8) is 0 Å². The highest BCUT2D eigenvalue weighted by Crippen LogP contribution is 2.49. The summed E-state index contributed by atoms with van der Waals surface area (Å²) < 4.78 is 89.7. The molecule has 2 aliphatic heterocycles. The molecule has 2 amide bonds. The number of anilines is 2. The van der Waals surface area contributed by atoms with E-state index >= 15 is 0 Å². The molecule has 8 heterocycles. The molecule has 4 fully saturated rings.